The summed E-state index contributed by atoms with van der Waals surface area (Å²) in [6.45, 7) is 12.9. The third-order valence-electron chi connectivity index (χ3n) is 5.97. The number of rotatable bonds is 7. The third-order valence-corrected chi connectivity index (χ3v) is 5.97. The van der Waals surface area contributed by atoms with Crippen LogP contribution in [0.5, 0.6) is 0 Å². The smallest absolute Gasteiger partial charge is 0.154 e. The monoisotopic (exact) mass is 268 g/mol. The number of hydrogen-bond donors (Lipinski definition) is 0. The fourth-order valence-corrected chi connectivity index (χ4v) is 4.89. The van der Waals surface area contributed by atoms with Gasteiger partial charge >= 0.3 is 0 Å². The van der Waals surface area contributed by atoms with E-state index in [4.69, 9.17) is 9.47 Å². The molecule has 0 heterocycles. The summed E-state index contributed by atoms with van der Waals surface area (Å²) in [7, 11) is 0. The molecule has 2 aliphatic rings. The van der Waals surface area contributed by atoms with Crippen LogP contribution in [-0.4, -0.2) is 19.5 Å². The number of hydrogen-bond acceptors (Lipinski definition) is 2. The first-order chi connectivity index (χ1) is 9.04. The molecule has 0 amide bonds. The summed E-state index contributed by atoms with van der Waals surface area (Å²) in [6, 6.07) is 0. The van der Waals surface area contributed by atoms with Crippen molar-refractivity contribution in [1.82, 2.24) is 0 Å². The SMILES string of the molecule is CCCC1(COC(C)OCC)CC2CC1C(C)C2C. The van der Waals surface area contributed by atoms with E-state index >= 15 is 0 Å². The molecule has 6 unspecified atom stereocenters. The van der Waals surface area contributed by atoms with Gasteiger partial charge in [0.25, 0.3) is 0 Å². The topological polar surface area (TPSA) is 18.5 Å². The summed E-state index contributed by atoms with van der Waals surface area (Å²) in [4.78, 5) is 0. The van der Waals surface area contributed by atoms with E-state index in [-0.39, 0.29) is 6.29 Å². The minimum Gasteiger partial charge on any atom is -0.353 e. The Morgan fingerprint density at radius 3 is 2.42 bits per heavy atom. The molecule has 112 valence electrons. The van der Waals surface area contributed by atoms with Crippen LogP contribution in [-0.2, 0) is 9.47 Å². The Bertz CT molecular complexity index is 289. The molecule has 2 saturated carbocycles. The molecule has 6 atom stereocenters. The van der Waals surface area contributed by atoms with Gasteiger partial charge in [0, 0.05) is 6.61 Å². The molecule has 0 spiro atoms. The van der Waals surface area contributed by atoms with Gasteiger partial charge in [-0.25, -0.2) is 0 Å². The van der Waals surface area contributed by atoms with Crippen molar-refractivity contribution in [3.05, 3.63) is 0 Å². The predicted octanol–water partition coefficient (Wildman–Crippen LogP) is 4.48. The average molecular weight is 268 g/mol. The molecule has 0 aromatic rings. The van der Waals surface area contributed by atoms with E-state index in [9.17, 15) is 0 Å². The molecular formula is C17H32O2. The maximum Gasteiger partial charge on any atom is 0.154 e. The average Bonchev–Trinajstić information content (AvgIpc) is 2.87. The Labute approximate surface area is 119 Å². The van der Waals surface area contributed by atoms with E-state index in [0.29, 0.717) is 5.41 Å². The van der Waals surface area contributed by atoms with Crippen molar-refractivity contribution >= 4 is 0 Å². The highest BCUT2D eigenvalue weighted by atomic mass is 16.7. The van der Waals surface area contributed by atoms with Crippen molar-refractivity contribution in [2.45, 2.75) is 66.6 Å². The van der Waals surface area contributed by atoms with Gasteiger partial charge in [0.05, 0.1) is 6.61 Å². The van der Waals surface area contributed by atoms with Crippen LogP contribution in [0.15, 0.2) is 0 Å². The summed E-state index contributed by atoms with van der Waals surface area (Å²) in [5.41, 5.74) is 0.441. The summed E-state index contributed by atoms with van der Waals surface area (Å²) in [5.74, 6) is 3.61. The van der Waals surface area contributed by atoms with E-state index in [1.165, 1.54) is 25.7 Å². The molecular weight excluding hydrogens is 236 g/mol. The van der Waals surface area contributed by atoms with Crippen molar-refractivity contribution in [1.29, 1.82) is 0 Å². The highest BCUT2D eigenvalue weighted by Crippen LogP contribution is 2.62. The fraction of sp³-hybridized carbons (Fsp3) is 1.00. The molecule has 2 nitrogen and oxygen atoms in total. The standard InChI is InChI=1S/C17H32O2/c1-6-8-17(11-19-14(5)18-7-2)10-15-9-16(17)13(4)12(15)3/h12-16H,6-11H2,1-5H3. The van der Waals surface area contributed by atoms with E-state index in [0.717, 1.165) is 36.9 Å². The summed E-state index contributed by atoms with van der Waals surface area (Å²) < 4.78 is 11.6. The molecule has 0 aliphatic heterocycles. The lowest BCUT2D eigenvalue weighted by Crippen LogP contribution is -2.40. The van der Waals surface area contributed by atoms with Crippen LogP contribution in [0.2, 0.25) is 0 Å². The molecule has 2 bridgehead atoms. The third kappa shape index (κ3) is 2.85. The Balaban J connectivity index is 2.00. The lowest BCUT2D eigenvalue weighted by Gasteiger charge is -2.43. The zero-order valence-corrected chi connectivity index (χ0v) is 13.4. The lowest BCUT2D eigenvalue weighted by molar-refractivity contribution is -0.160. The Kier molecular flexibility index (Phi) is 4.94. The van der Waals surface area contributed by atoms with Crippen LogP contribution in [0.1, 0.15) is 60.3 Å². The minimum absolute atomic E-state index is 0.0504. The zero-order valence-electron chi connectivity index (χ0n) is 13.4. The first kappa shape index (κ1) is 15.3. The predicted molar refractivity (Wildman–Crippen MR) is 78.9 cm³/mol. The highest BCUT2D eigenvalue weighted by molar-refractivity contribution is 5.05. The maximum absolute atomic E-state index is 6.04. The van der Waals surface area contributed by atoms with Gasteiger partial charge in [-0.1, -0.05) is 27.2 Å². The van der Waals surface area contributed by atoms with E-state index < -0.39 is 0 Å². The molecule has 0 aromatic carbocycles. The first-order valence-corrected chi connectivity index (χ1v) is 8.27. The fourth-order valence-electron chi connectivity index (χ4n) is 4.89. The van der Waals surface area contributed by atoms with Crippen LogP contribution >= 0.6 is 0 Å². The van der Waals surface area contributed by atoms with Gasteiger partial charge in [0.2, 0.25) is 0 Å². The molecule has 2 aliphatic carbocycles. The lowest BCUT2D eigenvalue weighted by atomic mass is 9.64. The van der Waals surface area contributed by atoms with Gasteiger partial charge in [-0.3, -0.25) is 0 Å². The van der Waals surface area contributed by atoms with Gasteiger partial charge < -0.3 is 9.47 Å². The van der Waals surface area contributed by atoms with Crippen molar-refractivity contribution in [3.8, 4) is 0 Å². The number of ether oxygens (including phenoxy) is 2. The van der Waals surface area contributed by atoms with Crippen molar-refractivity contribution in [2.75, 3.05) is 13.2 Å². The van der Waals surface area contributed by atoms with Crippen molar-refractivity contribution in [3.63, 3.8) is 0 Å². The Morgan fingerprint density at radius 1 is 1.16 bits per heavy atom. The molecule has 2 rings (SSSR count). The van der Waals surface area contributed by atoms with E-state index in [1.807, 2.05) is 13.8 Å². The largest absolute Gasteiger partial charge is 0.353 e. The highest BCUT2D eigenvalue weighted by Gasteiger charge is 2.56. The van der Waals surface area contributed by atoms with Gasteiger partial charge in [0.1, 0.15) is 0 Å². The van der Waals surface area contributed by atoms with Crippen molar-refractivity contribution < 1.29 is 9.47 Å². The van der Waals surface area contributed by atoms with Crippen LogP contribution in [0, 0.1) is 29.1 Å². The van der Waals surface area contributed by atoms with Gasteiger partial charge in [-0.2, -0.15) is 0 Å². The normalized spacial score (nSPS) is 42.8. The van der Waals surface area contributed by atoms with Crippen LogP contribution in [0.3, 0.4) is 0 Å². The van der Waals surface area contributed by atoms with Crippen LogP contribution in [0.25, 0.3) is 0 Å². The first-order valence-electron chi connectivity index (χ1n) is 8.27. The summed E-state index contributed by atoms with van der Waals surface area (Å²) in [5, 5.41) is 0. The van der Waals surface area contributed by atoms with E-state index in [2.05, 4.69) is 20.8 Å². The van der Waals surface area contributed by atoms with Crippen LogP contribution < -0.4 is 0 Å². The number of fused-ring (bicyclic) bond motifs is 2. The molecule has 0 aromatic heterocycles. The second-order valence-corrected chi connectivity index (χ2v) is 6.97. The summed E-state index contributed by atoms with van der Waals surface area (Å²) >= 11 is 0. The second-order valence-electron chi connectivity index (χ2n) is 6.97. The molecule has 19 heavy (non-hydrogen) atoms. The Morgan fingerprint density at radius 2 is 1.89 bits per heavy atom. The Hall–Kier alpha value is -0.0800. The minimum atomic E-state index is -0.0504. The second kappa shape index (κ2) is 6.13. The molecule has 0 saturated heterocycles. The van der Waals surface area contributed by atoms with Gasteiger partial charge in [-0.15, -0.1) is 0 Å². The van der Waals surface area contributed by atoms with E-state index in [1.54, 1.807) is 0 Å². The summed E-state index contributed by atoms with van der Waals surface area (Å²) in [6.07, 6.45) is 5.37. The van der Waals surface area contributed by atoms with Gasteiger partial charge in [0.15, 0.2) is 6.29 Å². The molecule has 0 radical (unpaired) electrons. The zero-order chi connectivity index (χ0) is 14.0. The molecule has 0 N–H and O–H groups in total. The van der Waals surface area contributed by atoms with Crippen LogP contribution in [0.4, 0.5) is 0 Å². The van der Waals surface area contributed by atoms with Crippen molar-refractivity contribution in [2.24, 2.45) is 29.1 Å². The molecule has 2 heteroatoms. The quantitative estimate of drug-likeness (QED) is 0.634. The molecule has 2 fully saturated rings. The van der Waals surface area contributed by atoms with Gasteiger partial charge in [-0.05, 0) is 62.2 Å². The maximum atomic E-state index is 6.04.